The Bertz CT molecular complexity index is 1120. The highest BCUT2D eigenvalue weighted by Gasteiger charge is 2.23. The van der Waals surface area contributed by atoms with Gasteiger partial charge in [-0.05, 0) is 23.8 Å². The minimum absolute atomic E-state index is 0.327. The summed E-state index contributed by atoms with van der Waals surface area (Å²) in [6, 6.07) is 7.76. The third kappa shape index (κ3) is 2.36. The molecule has 2 aliphatic rings. The number of anilines is 1. The van der Waals surface area contributed by atoms with Crippen LogP contribution in [0.1, 0.15) is 0 Å². The van der Waals surface area contributed by atoms with Gasteiger partial charge < -0.3 is 10.1 Å². The number of aromatic nitrogens is 3. The van der Waals surface area contributed by atoms with Crippen molar-refractivity contribution in [2.24, 2.45) is 0 Å². The molecule has 0 saturated heterocycles. The fourth-order valence-electron chi connectivity index (χ4n) is 3.04. The molecule has 1 unspecified atom stereocenters. The van der Waals surface area contributed by atoms with Gasteiger partial charge >= 0.3 is 0 Å². The molecule has 0 radical (unpaired) electrons. The fourth-order valence-corrected chi connectivity index (χ4v) is 3.91. The van der Waals surface area contributed by atoms with E-state index in [4.69, 9.17) is 4.74 Å². The van der Waals surface area contributed by atoms with E-state index in [1.54, 1.807) is 12.4 Å². The van der Waals surface area contributed by atoms with Crippen LogP contribution in [0.15, 0.2) is 42.7 Å². The summed E-state index contributed by atoms with van der Waals surface area (Å²) >= 11 is 0. The maximum absolute atomic E-state index is 12.0. The molecule has 2 aromatic heterocycles. The monoisotopic (exact) mass is 367 g/mol. The molecule has 0 bridgehead atoms. The number of carbonyl (C=O) groups is 1. The summed E-state index contributed by atoms with van der Waals surface area (Å²) in [5, 5.41) is 8.67. The van der Waals surface area contributed by atoms with E-state index in [9.17, 15) is 9.00 Å². The second-order valence-electron chi connectivity index (χ2n) is 5.89. The van der Waals surface area contributed by atoms with Gasteiger partial charge in [0.25, 0.3) is 5.91 Å². The highest BCUT2D eigenvalue weighted by atomic mass is 32.2. The van der Waals surface area contributed by atoms with Crippen LogP contribution >= 0.6 is 0 Å². The lowest BCUT2D eigenvalue weighted by Gasteiger charge is -2.18. The molecule has 1 atom stereocenters. The third-order valence-corrected chi connectivity index (χ3v) is 5.31. The topological polar surface area (TPSA) is 98.1 Å². The number of benzene rings is 1. The van der Waals surface area contributed by atoms with Crippen molar-refractivity contribution in [3.63, 3.8) is 0 Å². The first-order valence-corrected chi connectivity index (χ1v) is 9.13. The van der Waals surface area contributed by atoms with E-state index in [1.807, 2.05) is 24.3 Å². The average molecular weight is 367 g/mol. The molecule has 4 heterocycles. The van der Waals surface area contributed by atoms with Crippen molar-refractivity contribution < 1.29 is 13.7 Å². The molecule has 0 saturated carbocycles. The van der Waals surface area contributed by atoms with E-state index in [0.29, 0.717) is 11.6 Å². The van der Waals surface area contributed by atoms with E-state index in [-0.39, 0.29) is 5.91 Å². The molecular weight excluding hydrogens is 354 g/mol. The molecule has 3 aromatic rings. The first-order chi connectivity index (χ1) is 12.7. The zero-order chi connectivity index (χ0) is 17.7. The number of nitrogens with zero attached hydrogens (tertiary/aromatic N) is 3. The first-order valence-electron chi connectivity index (χ1n) is 7.98. The minimum Gasteiger partial charge on any atom is -0.488 e. The van der Waals surface area contributed by atoms with E-state index >= 15 is 0 Å². The largest absolute Gasteiger partial charge is 0.488 e. The van der Waals surface area contributed by atoms with Gasteiger partial charge in [0, 0.05) is 23.2 Å². The zero-order valence-electron chi connectivity index (χ0n) is 13.4. The van der Waals surface area contributed by atoms with E-state index in [2.05, 4.69) is 20.1 Å². The Morgan fingerprint density at radius 3 is 2.96 bits per heavy atom. The Balaban J connectivity index is 1.57. The maximum Gasteiger partial charge on any atom is 0.258 e. The SMILES string of the molecule is O=C1C=C(n2ncc3cc(-c4cnc5c(c4)OCCN5)ccc32)S(=O)N1. The summed E-state index contributed by atoms with van der Waals surface area (Å²) < 4.78 is 21.5. The van der Waals surface area contributed by atoms with Crippen LogP contribution in [0.3, 0.4) is 0 Å². The number of rotatable bonds is 2. The number of carbonyl (C=O) groups excluding carboxylic acids is 1. The summed E-state index contributed by atoms with van der Waals surface area (Å²) in [7, 11) is -1.59. The smallest absolute Gasteiger partial charge is 0.258 e. The normalized spacial score (nSPS) is 18.7. The molecule has 9 heteroatoms. The molecule has 0 spiro atoms. The minimum atomic E-state index is -1.59. The van der Waals surface area contributed by atoms with Crippen LogP contribution in [0, 0.1) is 0 Å². The third-order valence-electron chi connectivity index (χ3n) is 4.25. The molecule has 130 valence electrons. The Morgan fingerprint density at radius 1 is 1.19 bits per heavy atom. The van der Waals surface area contributed by atoms with E-state index in [1.165, 1.54) is 10.8 Å². The van der Waals surface area contributed by atoms with Crippen molar-refractivity contribution in [2.45, 2.75) is 0 Å². The predicted octanol–water partition coefficient (Wildman–Crippen LogP) is 1.49. The van der Waals surface area contributed by atoms with Gasteiger partial charge in [0.05, 0.1) is 18.3 Å². The van der Waals surface area contributed by atoms with E-state index < -0.39 is 11.0 Å². The van der Waals surface area contributed by atoms with Crippen molar-refractivity contribution in [3.8, 4) is 16.9 Å². The Labute approximate surface area is 150 Å². The second-order valence-corrected chi connectivity index (χ2v) is 7.05. The molecule has 0 aliphatic carbocycles. The van der Waals surface area contributed by atoms with Crippen molar-refractivity contribution in [1.29, 1.82) is 0 Å². The van der Waals surface area contributed by atoms with Crippen LogP contribution in [0.5, 0.6) is 5.75 Å². The summed E-state index contributed by atoms with van der Waals surface area (Å²) in [5.74, 6) is 1.11. The van der Waals surface area contributed by atoms with Crippen molar-refractivity contribution in [3.05, 3.63) is 42.7 Å². The van der Waals surface area contributed by atoms with Crippen LogP contribution in [0.2, 0.25) is 0 Å². The van der Waals surface area contributed by atoms with Crippen molar-refractivity contribution >= 4 is 38.6 Å². The van der Waals surface area contributed by atoms with E-state index in [0.717, 1.165) is 40.1 Å². The Hall–Kier alpha value is -3.20. The first kappa shape index (κ1) is 15.1. The van der Waals surface area contributed by atoms with Crippen LogP contribution in [0.25, 0.3) is 27.1 Å². The average Bonchev–Trinajstić information content (AvgIpc) is 3.22. The lowest BCUT2D eigenvalue weighted by Crippen LogP contribution is -2.18. The molecular formula is C17H13N5O3S. The van der Waals surface area contributed by atoms with Gasteiger partial charge in [0.15, 0.2) is 27.6 Å². The number of hydrogen-bond acceptors (Lipinski definition) is 6. The van der Waals surface area contributed by atoms with Gasteiger partial charge in [0.2, 0.25) is 0 Å². The van der Waals surface area contributed by atoms with Gasteiger partial charge in [-0.3, -0.25) is 9.52 Å². The number of pyridine rings is 1. The zero-order valence-corrected chi connectivity index (χ0v) is 14.2. The Kier molecular flexibility index (Phi) is 3.29. The second kappa shape index (κ2) is 5.67. The van der Waals surface area contributed by atoms with Crippen molar-refractivity contribution in [1.82, 2.24) is 19.5 Å². The van der Waals surface area contributed by atoms with Gasteiger partial charge in [-0.25, -0.2) is 13.9 Å². The molecule has 1 aromatic carbocycles. The highest BCUT2D eigenvalue weighted by Crippen LogP contribution is 2.32. The number of ether oxygens (including phenoxy) is 1. The van der Waals surface area contributed by atoms with Gasteiger partial charge in [-0.15, -0.1) is 0 Å². The summed E-state index contributed by atoms with van der Waals surface area (Å²) in [6.45, 7) is 1.36. The molecule has 0 fully saturated rings. The summed E-state index contributed by atoms with van der Waals surface area (Å²) in [5.41, 5.74) is 2.67. The molecule has 2 aliphatic heterocycles. The van der Waals surface area contributed by atoms with Crippen LogP contribution in [-0.4, -0.2) is 38.0 Å². The molecule has 5 rings (SSSR count). The standard InChI is InChI=1S/C17H13N5O3S/c23-15-7-16(26(24)21-15)22-13-2-1-10(5-12(13)9-20-22)11-6-14-17(19-8-11)18-3-4-25-14/h1-2,5-9H,3-4H2,(H,18,19)(H,21,23). The summed E-state index contributed by atoms with van der Waals surface area (Å²) in [6.07, 6.45) is 4.78. The van der Waals surface area contributed by atoms with Gasteiger partial charge in [-0.2, -0.15) is 5.10 Å². The lowest BCUT2D eigenvalue weighted by atomic mass is 10.1. The number of hydrogen-bond donors (Lipinski definition) is 2. The van der Waals surface area contributed by atoms with Crippen LogP contribution < -0.4 is 14.8 Å². The summed E-state index contributed by atoms with van der Waals surface area (Å²) in [4.78, 5) is 15.8. The molecule has 8 nitrogen and oxygen atoms in total. The highest BCUT2D eigenvalue weighted by molar-refractivity contribution is 7.93. The number of nitrogens with one attached hydrogen (secondary N) is 2. The lowest BCUT2D eigenvalue weighted by molar-refractivity contribution is -0.114. The van der Waals surface area contributed by atoms with Gasteiger partial charge in [-0.1, -0.05) is 6.07 Å². The molecule has 2 N–H and O–H groups in total. The Morgan fingerprint density at radius 2 is 2.12 bits per heavy atom. The van der Waals surface area contributed by atoms with Crippen LogP contribution in [0.4, 0.5) is 5.82 Å². The number of amides is 1. The van der Waals surface area contributed by atoms with Gasteiger partial charge in [0.1, 0.15) is 6.61 Å². The van der Waals surface area contributed by atoms with Crippen LogP contribution in [-0.2, 0) is 15.8 Å². The fraction of sp³-hybridized carbons (Fsp3) is 0.118. The molecule has 1 amide bonds. The predicted molar refractivity (Wildman–Crippen MR) is 97.5 cm³/mol. The quantitative estimate of drug-likeness (QED) is 0.712. The molecule has 26 heavy (non-hydrogen) atoms. The number of fused-ring (bicyclic) bond motifs is 2. The maximum atomic E-state index is 12.0. The van der Waals surface area contributed by atoms with Crippen molar-refractivity contribution in [2.75, 3.05) is 18.5 Å².